The van der Waals surface area contributed by atoms with Crippen molar-refractivity contribution >= 4 is 0 Å². The molecule has 2 nitrogen and oxygen atoms in total. The number of hydrogen-bond donors (Lipinski definition) is 1. The van der Waals surface area contributed by atoms with Gasteiger partial charge in [0.05, 0.1) is 6.10 Å². The van der Waals surface area contributed by atoms with Gasteiger partial charge in [0.15, 0.2) is 0 Å². The van der Waals surface area contributed by atoms with Gasteiger partial charge in [-0.2, -0.15) is 0 Å². The molecule has 1 saturated heterocycles. The standard InChI is InChI=1S/C19H31NO/c1-19(2,3)18(21)11-14-20-12-9-17(10-13-20)15-16-7-5-4-6-8-16/h4-8,17-18,21H,9-15H2,1-3H3. The number of rotatable bonds is 5. The zero-order chi connectivity index (χ0) is 15.3. The summed E-state index contributed by atoms with van der Waals surface area (Å²) in [6.45, 7) is 9.76. The fourth-order valence-corrected chi connectivity index (χ4v) is 3.10. The molecule has 1 aliphatic heterocycles. The molecule has 0 radical (unpaired) electrons. The molecule has 1 atom stereocenters. The fourth-order valence-electron chi connectivity index (χ4n) is 3.10. The second-order valence-electron chi connectivity index (χ2n) is 7.65. The van der Waals surface area contributed by atoms with E-state index < -0.39 is 0 Å². The number of aliphatic hydroxyl groups excluding tert-OH is 1. The number of aliphatic hydroxyl groups is 1. The minimum Gasteiger partial charge on any atom is -0.393 e. The van der Waals surface area contributed by atoms with Crippen molar-refractivity contribution in [3.8, 4) is 0 Å². The van der Waals surface area contributed by atoms with Gasteiger partial charge in [0.25, 0.3) is 0 Å². The van der Waals surface area contributed by atoms with Crippen molar-refractivity contribution in [1.29, 1.82) is 0 Å². The van der Waals surface area contributed by atoms with Gasteiger partial charge in [-0.15, -0.1) is 0 Å². The molecule has 0 aliphatic carbocycles. The molecule has 1 N–H and O–H groups in total. The van der Waals surface area contributed by atoms with Gasteiger partial charge in [0.1, 0.15) is 0 Å². The third-order valence-electron chi connectivity index (χ3n) is 4.79. The van der Waals surface area contributed by atoms with Crippen LogP contribution in [0.3, 0.4) is 0 Å². The summed E-state index contributed by atoms with van der Waals surface area (Å²) in [5, 5.41) is 10.1. The fraction of sp³-hybridized carbons (Fsp3) is 0.684. The SMILES string of the molecule is CC(C)(C)C(O)CCN1CCC(Cc2ccccc2)CC1. The van der Waals surface area contributed by atoms with Gasteiger partial charge in [-0.25, -0.2) is 0 Å². The van der Waals surface area contributed by atoms with E-state index in [2.05, 4.69) is 56.0 Å². The molecule has 1 unspecified atom stereocenters. The van der Waals surface area contributed by atoms with Gasteiger partial charge in [-0.1, -0.05) is 51.1 Å². The molecule has 1 aliphatic rings. The molecule has 0 amide bonds. The smallest absolute Gasteiger partial charge is 0.0600 e. The molecule has 0 saturated carbocycles. The number of benzene rings is 1. The van der Waals surface area contributed by atoms with Crippen LogP contribution in [0.1, 0.15) is 45.6 Å². The van der Waals surface area contributed by atoms with Crippen LogP contribution >= 0.6 is 0 Å². The first kappa shape index (κ1) is 16.5. The Morgan fingerprint density at radius 2 is 1.76 bits per heavy atom. The highest BCUT2D eigenvalue weighted by molar-refractivity contribution is 5.15. The molecular weight excluding hydrogens is 258 g/mol. The van der Waals surface area contributed by atoms with Gasteiger partial charge in [-0.3, -0.25) is 0 Å². The second kappa shape index (κ2) is 7.42. The van der Waals surface area contributed by atoms with E-state index in [4.69, 9.17) is 0 Å². The summed E-state index contributed by atoms with van der Waals surface area (Å²) in [4.78, 5) is 2.52. The topological polar surface area (TPSA) is 23.5 Å². The summed E-state index contributed by atoms with van der Waals surface area (Å²) in [7, 11) is 0. The Morgan fingerprint density at radius 1 is 1.14 bits per heavy atom. The van der Waals surface area contributed by atoms with E-state index >= 15 is 0 Å². The van der Waals surface area contributed by atoms with Gasteiger partial charge in [0.2, 0.25) is 0 Å². The number of piperidine rings is 1. The van der Waals surface area contributed by atoms with Crippen LogP contribution in [0.5, 0.6) is 0 Å². The van der Waals surface area contributed by atoms with Gasteiger partial charge in [0, 0.05) is 6.54 Å². The first-order valence-corrected chi connectivity index (χ1v) is 8.39. The lowest BCUT2D eigenvalue weighted by atomic mass is 9.86. The van der Waals surface area contributed by atoms with Gasteiger partial charge < -0.3 is 10.0 Å². The quantitative estimate of drug-likeness (QED) is 0.892. The lowest BCUT2D eigenvalue weighted by molar-refractivity contribution is 0.0416. The average Bonchev–Trinajstić information content (AvgIpc) is 2.46. The summed E-state index contributed by atoms with van der Waals surface area (Å²) < 4.78 is 0. The van der Waals surface area contributed by atoms with Crippen LogP contribution in [0.25, 0.3) is 0 Å². The maximum atomic E-state index is 10.1. The molecule has 1 aromatic carbocycles. The molecular formula is C19H31NO. The summed E-state index contributed by atoms with van der Waals surface area (Å²) in [5.41, 5.74) is 1.48. The first-order valence-electron chi connectivity index (χ1n) is 8.39. The van der Waals surface area contributed by atoms with E-state index in [1.807, 2.05) is 0 Å². The van der Waals surface area contributed by atoms with E-state index in [0.29, 0.717) is 0 Å². The monoisotopic (exact) mass is 289 g/mol. The van der Waals surface area contributed by atoms with Crippen LogP contribution in [-0.2, 0) is 6.42 Å². The zero-order valence-corrected chi connectivity index (χ0v) is 13.9. The Hall–Kier alpha value is -0.860. The van der Waals surface area contributed by atoms with E-state index in [0.717, 1.165) is 18.9 Å². The summed E-state index contributed by atoms with van der Waals surface area (Å²) in [5.74, 6) is 0.830. The normalized spacial score (nSPS) is 19.6. The molecule has 2 rings (SSSR count). The molecule has 1 aromatic rings. The van der Waals surface area contributed by atoms with Gasteiger partial charge >= 0.3 is 0 Å². The minimum atomic E-state index is -0.195. The highest BCUT2D eigenvalue weighted by atomic mass is 16.3. The number of nitrogens with zero attached hydrogens (tertiary/aromatic N) is 1. The van der Waals surface area contributed by atoms with Crippen molar-refractivity contribution in [3.05, 3.63) is 35.9 Å². The zero-order valence-electron chi connectivity index (χ0n) is 13.9. The first-order chi connectivity index (χ1) is 9.95. The van der Waals surface area contributed by atoms with Crippen LogP contribution in [0.2, 0.25) is 0 Å². The highest BCUT2D eigenvalue weighted by Crippen LogP contribution is 2.24. The van der Waals surface area contributed by atoms with E-state index in [1.165, 1.54) is 37.9 Å². The molecule has 1 heterocycles. The van der Waals surface area contributed by atoms with Crippen molar-refractivity contribution in [3.63, 3.8) is 0 Å². The van der Waals surface area contributed by atoms with Crippen LogP contribution < -0.4 is 0 Å². The molecule has 1 fully saturated rings. The lowest BCUT2D eigenvalue weighted by Crippen LogP contribution is -2.38. The van der Waals surface area contributed by atoms with E-state index in [9.17, 15) is 5.11 Å². The molecule has 0 spiro atoms. The average molecular weight is 289 g/mol. The maximum absolute atomic E-state index is 10.1. The Bertz CT molecular complexity index is 401. The Labute approximate surface area is 130 Å². The number of likely N-dealkylation sites (tertiary alicyclic amines) is 1. The third-order valence-corrected chi connectivity index (χ3v) is 4.79. The largest absolute Gasteiger partial charge is 0.393 e. The van der Waals surface area contributed by atoms with Crippen molar-refractivity contribution in [1.82, 2.24) is 4.90 Å². The van der Waals surface area contributed by atoms with Crippen molar-refractivity contribution in [2.24, 2.45) is 11.3 Å². The Kier molecular flexibility index (Phi) is 5.83. The van der Waals surface area contributed by atoms with Crippen LogP contribution in [0.15, 0.2) is 30.3 Å². The molecule has 118 valence electrons. The summed E-state index contributed by atoms with van der Waals surface area (Å²) in [6.07, 6.45) is 4.51. The molecule has 21 heavy (non-hydrogen) atoms. The maximum Gasteiger partial charge on any atom is 0.0600 e. The van der Waals surface area contributed by atoms with Gasteiger partial charge in [-0.05, 0) is 55.7 Å². The lowest BCUT2D eigenvalue weighted by Gasteiger charge is -2.34. The van der Waals surface area contributed by atoms with Crippen molar-refractivity contribution < 1.29 is 5.11 Å². The third kappa shape index (κ3) is 5.44. The molecule has 0 aromatic heterocycles. The van der Waals surface area contributed by atoms with E-state index in [-0.39, 0.29) is 11.5 Å². The Morgan fingerprint density at radius 3 is 2.33 bits per heavy atom. The van der Waals surface area contributed by atoms with Crippen LogP contribution in [0, 0.1) is 11.3 Å². The van der Waals surface area contributed by atoms with Crippen LogP contribution in [-0.4, -0.2) is 35.7 Å². The predicted molar refractivity (Wildman–Crippen MR) is 89.4 cm³/mol. The number of hydrogen-bond acceptors (Lipinski definition) is 2. The Balaban J connectivity index is 1.69. The molecule has 2 heteroatoms. The predicted octanol–water partition coefficient (Wildman–Crippen LogP) is 3.74. The summed E-state index contributed by atoms with van der Waals surface area (Å²) in [6, 6.07) is 10.8. The highest BCUT2D eigenvalue weighted by Gasteiger charge is 2.24. The minimum absolute atomic E-state index is 0.00559. The second-order valence-corrected chi connectivity index (χ2v) is 7.65. The van der Waals surface area contributed by atoms with Crippen LogP contribution in [0.4, 0.5) is 0 Å². The van der Waals surface area contributed by atoms with E-state index in [1.54, 1.807) is 0 Å². The summed E-state index contributed by atoms with van der Waals surface area (Å²) >= 11 is 0. The van der Waals surface area contributed by atoms with Crippen molar-refractivity contribution in [2.75, 3.05) is 19.6 Å². The van der Waals surface area contributed by atoms with Crippen molar-refractivity contribution in [2.45, 2.75) is 52.6 Å². The molecule has 0 bridgehead atoms.